The highest BCUT2D eigenvalue weighted by Gasteiger charge is 2.03. The summed E-state index contributed by atoms with van der Waals surface area (Å²) in [6, 6.07) is 1.90. The average molecular weight is 166 g/mol. The summed E-state index contributed by atoms with van der Waals surface area (Å²) in [5.74, 6) is 0.254. The second-order valence-corrected chi connectivity index (χ2v) is 2.92. The standard InChI is InChI=1S/C9H14N2O/c1-3-4-9(12)7-11-8(2)5-6-10-11/h5-6H,3-4,7H2,1-2H3. The molecule has 1 heterocycles. The van der Waals surface area contributed by atoms with E-state index < -0.39 is 0 Å². The van der Waals surface area contributed by atoms with Crippen LogP contribution in [0.5, 0.6) is 0 Å². The molecule has 0 aliphatic rings. The molecule has 1 aromatic heterocycles. The van der Waals surface area contributed by atoms with E-state index in [4.69, 9.17) is 0 Å². The predicted molar refractivity (Wildman–Crippen MR) is 46.9 cm³/mol. The van der Waals surface area contributed by atoms with Crippen molar-refractivity contribution in [3.63, 3.8) is 0 Å². The van der Waals surface area contributed by atoms with Crippen LogP contribution in [0.2, 0.25) is 0 Å². The Morgan fingerprint density at radius 3 is 2.92 bits per heavy atom. The lowest BCUT2D eigenvalue weighted by Gasteiger charge is -2.01. The largest absolute Gasteiger partial charge is 0.298 e. The molecule has 3 nitrogen and oxygen atoms in total. The molecular weight excluding hydrogens is 152 g/mol. The van der Waals surface area contributed by atoms with E-state index in [1.807, 2.05) is 19.9 Å². The van der Waals surface area contributed by atoms with Crippen molar-refractivity contribution >= 4 is 5.78 Å². The Hall–Kier alpha value is -1.12. The fraction of sp³-hybridized carbons (Fsp3) is 0.556. The van der Waals surface area contributed by atoms with E-state index in [1.54, 1.807) is 10.9 Å². The van der Waals surface area contributed by atoms with Gasteiger partial charge < -0.3 is 0 Å². The molecule has 3 heteroatoms. The number of nitrogens with zero attached hydrogens (tertiary/aromatic N) is 2. The van der Waals surface area contributed by atoms with Crippen LogP contribution in [0.15, 0.2) is 12.3 Å². The average Bonchev–Trinajstić information content (AvgIpc) is 2.37. The third-order valence-corrected chi connectivity index (χ3v) is 1.78. The highest BCUT2D eigenvalue weighted by atomic mass is 16.1. The molecule has 0 saturated heterocycles. The smallest absolute Gasteiger partial charge is 0.154 e. The summed E-state index contributed by atoms with van der Waals surface area (Å²) < 4.78 is 1.73. The van der Waals surface area contributed by atoms with Gasteiger partial charge in [-0.3, -0.25) is 9.48 Å². The maximum Gasteiger partial charge on any atom is 0.154 e. The topological polar surface area (TPSA) is 34.9 Å². The lowest BCUT2D eigenvalue weighted by atomic mass is 10.2. The van der Waals surface area contributed by atoms with Crippen molar-refractivity contribution < 1.29 is 4.79 Å². The van der Waals surface area contributed by atoms with Crippen LogP contribution in [0.1, 0.15) is 25.5 Å². The minimum Gasteiger partial charge on any atom is -0.298 e. The van der Waals surface area contributed by atoms with E-state index in [0.717, 1.165) is 12.1 Å². The molecule has 0 amide bonds. The second-order valence-electron chi connectivity index (χ2n) is 2.92. The van der Waals surface area contributed by atoms with Crippen LogP contribution in [0.25, 0.3) is 0 Å². The van der Waals surface area contributed by atoms with Gasteiger partial charge in [0.1, 0.15) is 0 Å². The Morgan fingerprint density at radius 1 is 1.67 bits per heavy atom. The highest BCUT2D eigenvalue weighted by molar-refractivity contribution is 5.78. The molecule has 0 atom stereocenters. The molecule has 0 radical (unpaired) electrons. The zero-order chi connectivity index (χ0) is 8.97. The van der Waals surface area contributed by atoms with Crippen LogP contribution in [0.3, 0.4) is 0 Å². The number of hydrogen-bond donors (Lipinski definition) is 0. The van der Waals surface area contributed by atoms with Gasteiger partial charge in [-0.05, 0) is 19.4 Å². The summed E-state index contributed by atoms with van der Waals surface area (Å²) in [6.07, 6.45) is 3.28. The quantitative estimate of drug-likeness (QED) is 0.680. The molecule has 0 fully saturated rings. The maximum atomic E-state index is 11.2. The van der Waals surface area contributed by atoms with Gasteiger partial charge in [0.25, 0.3) is 0 Å². The first-order chi connectivity index (χ1) is 5.74. The predicted octanol–water partition coefficient (Wildman–Crippen LogP) is 1.56. The lowest BCUT2D eigenvalue weighted by Crippen LogP contribution is -2.11. The van der Waals surface area contributed by atoms with Gasteiger partial charge in [-0.2, -0.15) is 5.10 Å². The van der Waals surface area contributed by atoms with Crippen LogP contribution in [-0.2, 0) is 11.3 Å². The van der Waals surface area contributed by atoms with Crippen molar-refractivity contribution in [3.05, 3.63) is 18.0 Å². The summed E-state index contributed by atoms with van der Waals surface area (Å²) >= 11 is 0. The monoisotopic (exact) mass is 166 g/mol. The zero-order valence-corrected chi connectivity index (χ0v) is 7.58. The fourth-order valence-corrected chi connectivity index (χ4v) is 1.09. The van der Waals surface area contributed by atoms with E-state index in [-0.39, 0.29) is 5.78 Å². The van der Waals surface area contributed by atoms with Gasteiger partial charge in [-0.25, -0.2) is 0 Å². The number of carbonyl (C=O) groups is 1. The van der Waals surface area contributed by atoms with Gasteiger partial charge in [-0.15, -0.1) is 0 Å². The molecule has 0 aliphatic heterocycles. The number of hydrogen-bond acceptors (Lipinski definition) is 2. The number of carbonyl (C=O) groups excluding carboxylic acids is 1. The van der Waals surface area contributed by atoms with Crippen molar-refractivity contribution in [2.45, 2.75) is 33.2 Å². The molecule has 0 bridgehead atoms. The molecule has 12 heavy (non-hydrogen) atoms. The molecule has 66 valence electrons. The van der Waals surface area contributed by atoms with Crippen LogP contribution < -0.4 is 0 Å². The van der Waals surface area contributed by atoms with Crippen LogP contribution >= 0.6 is 0 Å². The van der Waals surface area contributed by atoms with E-state index in [1.165, 1.54) is 0 Å². The van der Waals surface area contributed by atoms with Crippen LogP contribution in [0, 0.1) is 6.92 Å². The maximum absolute atomic E-state index is 11.2. The first-order valence-corrected chi connectivity index (χ1v) is 4.24. The molecule has 0 aromatic carbocycles. The summed E-state index contributed by atoms with van der Waals surface area (Å²) in [5, 5.41) is 4.03. The van der Waals surface area contributed by atoms with E-state index >= 15 is 0 Å². The molecule has 0 spiro atoms. The summed E-state index contributed by atoms with van der Waals surface area (Å²) in [5.41, 5.74) is 1.04. The van der Waals surface area contributed by atoms with Gasteiger partial charge >= 0.3 is 0 Å². The lowest BCUT2D eigenvalue weighted by molar-refractivity contribution is -0.119. The molecule has 0 N–H and O–H groups in total. The SMILES string of the molecule is CCCC(=O)Cn1nccc1C. The van der Waals surface area contributed by atoms with Gasteiger partial charge in [0.2, 0.25) is 0 Å². The van der Waals surface area contributed by atoms with Crippen molar-refractivity contribution in [1.29, 1.82) is 0 Å². The number of rotatable bonds is 4. The van der Waals surface area contributed by atoms with Crippen molar-refractivity contribution in [2.75, 3.05) is 0 Å². The number of ketones is 1. The fourth-order valence-electron chi connectivity index (χ4n) is 1.09. The number of aryl methyl sites for hydroxylation is 1. The molecule has 0 saturated carbocycles. The zero-order valence-electron chi connectivity index (χ0n) is 7.58. The summed E-state index contributed by atoms with van der Waals surface area (Å²) in [6.45, 7) is 4.38. The van der Waals surface area contributed by atoms with Gasteiger partial charge in [-0.1, -0.05) is 6.92 Å². The Balaban J connectivity index is 2.52. The van der Waals surface area contributed by atoms with Gasteiger partial charge in [0.15, 0.2) is 5.78 Å². The molecule has 0 aliphatic carbocycles. The highest BCUT2D eigenvalue weighted by Crippen LogP contribution is 1.98. The van der Waals surface area contributed by atoms with Crippen molar-refractivity contribution in [1.82, 2.24) is 9.78 Å². The molecular formula is C9H14N2O. The number of Topliss-reactive ketones (excluding diaryl/α,β-unsaturated/α-hetero) is 1. The van der Waals surface area contributed by atoms with Crippen LogP contribution in [-0.4, -0.2) is 15.6 Å². The van der Waals surface area contributed by atoms with E-state index in [0.29, 0.717) is 13.0 Å². The van der Waals surface area contributed by atoms with E-state index in [9.17, 15) is 4.79 Å². The Morgan fingerprint density at radius 2 is 2.42 bits per heavy atom. The Labute approximate surface area is 72.4 Å². The van der Waals surface area contributed by atoms with Gasteiger partial charge in [0, 0.05) is 18.3 Å². The minimum atomic E-state index is 0.254. The molecule has 1 aromatic rings. The van der Waals surface area contributed by atoms with Crippen molar-refractivity contribution in [3.8, 4) is 0 Å². The third-order valence-electron chi connectivity index (χ3n) is 1.78. The molecule has 1 rings (SSSR count). The second kappa shape index (κ2) is 4.04. The molecule has 0 unspecified atom stereocenters. The normalized spacial score (nSPS) is 10.2. The third kappa shape index (κ3) is 2.19. The first kappa shape index (κ1) is 8.97. The number of aromatic nitrogens is 2. The Kier molecular flexibility index (Phi) is 3.02. The summed E-state index contributed by atoms with van der Waals surface area (Å²) in [7, 11) is 0. The van der Waals surface area contributed by atoms with Crippen molar-refractivity contribution in [2.24, 2.45) is 0 Å². The van der Waals surface area contributed by atoms with E-state index in [2.05, 4.69) is 5.10 Å². The first-order valence-electron chi connectivity index (χ1n) is 4.24. The Bertz CT molecular complexity index is 265. The van der Waals surface area contributed by atoms with Crippen LogP contribution in [0.4, 0.5) is 0 Å². The van der Waals surface area contributed by atoms with Gasteiger partial charge in [0.05, 0.1) is 6.54 Å². The summed E-state index contributed by atoms with van der Waals surface area (Å²) in [4.78, 5) is 11.2. The minimum absolute atomic E-state index is 0.254.